The summed E-state index contributed by atoms with van der Waals surface area (Å²) in [6.07, 6.45) is 1.02. The van der Waals surface area contributed by atoms with Crippen molar-refractivity contribution in [3.05, 3.63) is 63.1 Å². The summed E-state index contributed by atoms with van der Waals surface area (Å²) < 4.78 is 6.74. The number of hydrogen-bond donors (Lipinski definition) is 1. The monoisotopic (exact) mass is 345 g/mol. The molecule has 0 fully saturated rings. The van der Waals surface area contributed by atoms with E-state index in [0.29, 0.717) is 0 Å². The second-order valence-corrected chi connectivity index (χ2v) is 6.37. The highest BCUT2D eigenvalue weighted by Gasteiger charge is 2.19. The molecule has 1 atom stereocenters. The van der Waals surface area contributed by atoms with Crippen LogP contribution in [0.1, 0.15) is 35.2 Å². The number of aryl methyl sites for hydroxylation is 1. The summed E-state index contributed by atoms with van der Waals surface area (Å²) in [6.45, 7) is 6.06. The molecular formula is C18H20BrNO. The van der Waals surface area contributed by atoms with Crippen molar-refractivity contribution in [2.24, 2.45) is 0 Å². The zero-order valence-electron chi connectivity index (χ0n) is 12.4. The molecule has 2 aromatic rings. The fourth-order valence-electron chi connectivity index (χ4n) is 2.96. The summed E-state index contributed by atoms with van der Waals surface area (Å²) in [5.74, 6) is 1.04. The number of benzene rings is 2. The van der Waals surface area contributed by atoms with Crippen molar-refractivity contribution >= 4 is 15.9 Å². The lowest BCUT2D eigenvalue weighted by atomic mass is 9.93. The van der Waals surface area contributed by atoms with Gasteiger partial charge in [-0.15, -0.1) is 0 Å². The van der Waals surface area contributed by atoms with Crippen molar-refractivity contribution in [2.45, 2.75) is 26.3 Å². The smallest absolute Gasteiger partial charge is 0.122 e. The lowest BCUT2D eigenvalue weighted by molar-refractivity contribution is 0.357. The highest BCUT2D eigenvalue weighted by Crippen LogP contribution is 2.32. The van der Waals surface area contributed by atoms with E-state index in [1.807, 2.05) is 0 Å². The van der Waals surface area contributed by atoms with Gasteiger partial charge < -0.3 is 10.1 Å². The van der Waals surface area contributed by atoms with Gasteiger partial charge in [0, 0.05) is 10.9 Å². The van der Waals surface area contributed by atoms with Crippen LogP contribution in [0.15, 0.2) is 40.9 Å². The summed E-state index contributed by atoms with van der Waals surface area (Å²) >= 11 is 3.54. The van der Waals surface area contributed by atoms with Gasteiger partial charge in [0.2, 0.25) is 0 Å². The normalized spacial score (nSPS) is 14.6. The molecule has 0 spiro atoms. The fraction of sp³-hybridized carbons (Fsp3) is 0.333. The molecular weight excluding hydrogens is 326 g/mol. The predicted molar refractivity (Wildman–Crippen MR) is 90.0 cm³/mol. The zero-order chi connectivity index (χ0) is 14.8. The van der Waals surface area contributed by atoms with Crippen molar-refractivity contribution in [3.8, 4) is 5.75 Å². The first-order chi connectivity index (χ1) is 10.2. The Bertz CT molecular complexity index is 654. The SMILES string of the molecule is CCNC(c1ccc2c(c1)CCO2)c1ccc(Br)cc1C. The maximum atomic E-state index is 5.61. The van der Waals surface area contributed by atoms with Crippen LogP contribution in [0, 0.1) is 6.92 Å². The van der Waals surface area contributed by atoms with Gasteiger partial charge in [-0.05, 0) is 53.9 Å². The Morgan fingerprint density at radius 2 is 2.10 bits per heavy atom. The van der Waals surface area contributed by atoms with Gasteiger partial charge >= 0.3 is 0 Å². The minimum absolute atomic E-state index is 0.231. The number of ether oxygens (including phenoxy) is 1. The van der Waals surface area contributed by atoms with Crippen molar-refractivity contribution in [1.29, 1.82) is 0 Å². The van der Waals surface area contributed by atoms with Crippen LogP contribution in [0.5, 0.6) is 5.75 Å². The molecule has 1 heterocycles. The molecule has 0 aliphatic carbocycles. The molecule has 1 aliphatic rings. The maximum Gasteiger partial charge on any atom is 0.122 e. The van der Waals surface area contributed by atoms with Crippen LogP contribution >= 0.6 is 15.9 Å². The van der Waals surface area contributed by atoms with Crippen molar-refractivity contribution in [2.75, 3.05) is 13.2 Å². The van der Waals surface area contributed by atoms with Gasteiger partial charge in [-0.2, -0.15) is 0 Å². The van der Waals surface area contributed by atoms with Gasteiger partial charge in [0.05, 0.1) is 12.6 Å². The van der Waals surface area contributed by atoms with E-state index < -0.39 is 0 Å². The first kappa shape index (κ1) is 14.6. The van der Waals surface area contributed by atoms with Gasteiger partial charge in [-0.1, -0.05) is 41.1 Å². The quantitative estimate of drug-likeness (QED) is 0.887. The van der Waals surface area contributed by atoms with Crippen LogP contribution in [0.2, 0.25) is 0 Å². The van der Waals surface area contributed by atoms with Gasteiger partial charge in [0.1, 0.15) is 5.75 Å². The summed E-state index contributed by atoms with van der Waals surface area (Å²) in [6, 6.07) is 13.3. The maximum absolute atomic E-state index is 5.61. The van der Waals surface area contributed by atoms with Crippen molar-refractivity contribution < 1.29 is 4.74 Å². The molecule has 1 N–H and O–H groups in total. The number of rotatable bonds is 4. The van der Waals surface area contributed by atoms with Crippen LogP contribution in [0.3, 0.4) is 0 Å². The molecule has 2 aromatic carbocycles. The molecule has 0 radical (unpaired) electrons. The van der Waals surface area contributed by atoms with Crippen LogP contribution < -0.4 is 10.1 Å². The fourth-order valence-corrected chi connectivity index (χ4v) is 3.44. The zero-order valence-corrected chi connectivity index (χ0v) is 14.0. The Kier molecular flexibility index (Phi) is 4.32. The molecule has 0 amide bonds. The van der Waals surface area contributed by atoms with E-state index in [2.05, 4.69) is 71.5 Å². The molecule has 0 saturated carbocycles. The Morgan fingerprint density at radius 3 is 2.86 bits per heavy atom. The minimum atomic E-state index is 0.231. The van der Waals surface area contributed by atoms with E-state index in [9.17, 15) is 0 Å². The van der Waals surface area contributed by atoms with E-state index in [1.165, 1.54) is 22.3 Å². The topological polar surface area (TPSA) is 21.3 Å². The average molecular weight is 346 g/mol. The van der Waals surface area contributed by atoms with Gasteiger partial charge in [0.25, 0.3) is 0 Å². The summed E-state index contributed by atoms with van der Waals surface area (Å²) in [5.41, 5.74) is 5.27. The molecule has 1 unspecified atom stereocenters. The summed E-state index contributed by atoms with van der Waals surface area (Å²) in [4.78, 5) is 0. The number of fused-ring (bicyclic) bond motifs is 1. The molecule has 1 aliphatic heterocycles. The number of nitrogens with one attached hydrogen (secondary N) is 1. The Morgan fingerprint density at radius 1 is 1.24 bits per heavy atom. The van der Waals surface area contributed by atoms with Gasteiger partial charge in [-0.25, -0.2) is 0 Å². The second kappa shape index (κ2) is 6.20. The molecule has 0 saturated heterocycles. The van der Waals surface area contributed by atoms with E-state index in [4.69, 9.17) is 4.74 Å². The lowest BCUT2D eigenvalue weighted by Crippen LogP contribution is -2.22. The molecule has 3 rings (SSSR count). The molecule has 110 valence electrons. The third kappa shape index (κ3) is 2.99. The van der Waals surface area contributed by atoms with Crippen LogP contribution in [0.25, 0.3) is 0 Å². The van der Waals surface area contributed by atoms with E-state index in [0.717, 1.165) is 29.8 Å². The average Bonchev–Trinajstić information content (AvgIpc) is 2.93. The molecule has 2 nitrogen and oxygen atoms in total. The van der Waals surface area contributed by atoms with Crippen molar-refractivity contribution in [1.82, 2.24) is 5.32 Å². The van der Waals surface area contributed by atoms with Crippen LogP contribution in [-0.2, 0) is 6.42 Å². The number of hydrogen-bond acceptors (Lipinski definition) is 2. The summed E-state index contributed by atoms with van der Waals surface area (Å²) in [7, 11) is 0. The van der Waals surface area contributed by atoms with E-state index in [-0.39, 0.29) is 6.04 Å². The van der Waals surface area contributed by atoms with Gasteiger partial charge in [0.15, 0.2) is 0 Å². The van der Waals surface area contributed by atoms with E-state index >= 15 is 0 Å². The largest absolute Gasteiger partial charge is 0.493 e. The molecule has 21 heavy (non-hydrogen) atoms. The van der Waals surface area contributed by atoms with Gasteiger partial charge in [-0.3, -0.25) is 0 Å². The first-order valence-electron chi connectivity index (χ1n) is 7.44. The Labute approximate surface area is 134 Å². The van der Waals surface area contributed by atoms with Crippen LogP contribution in [-0.4, -0.2) is 13.2 Å². The highest BCUT2D eigenvalue weighted by molar-refractivity contribution is 9.10. The predicted octanol–water partition coefficient (Wildman–Crippen LogP) is 4.39. The lowest BCUT2D eigenvalue weighted by Gasteiger charge is -2.21. The minimum Gasteiger partial charge on any atom is -0.493 e. The number of halogens is 1. The highest BCUT2D eigenvalue weighted by atomic mass is 79.9. The van der Waals surface area contributed by atoms with Crippen LogP contribution in [0.4, 0.5) is 0 Å². The standard InChI is InChI=1S/C18H20BrNO/c1-3-20-18(16-6-5-15(19)10-12(16)2)14-4-7-17-13(11-14)8-9-21-17/h4-7,10-11,18,20H,3,8-9H2,1-2H3. The molecule has 3 heteroatoms. The molecule has 0 aromatic heterocycles. The first-order valence-corrected chi connectivity index (χ1v) is 8.23. The van der Waals surface area contributed by atoms with Crippen molar-refractivity contribution in [3.63, 3.8) is 0 Å². The molecule has 0 bridgehead atoms. The third-order valence-corrected chi connectivity index (χ3v) is 4.49. The summed E-state index contributed by atoms with van der Waals surface area (Å²) in [5, 5.41) is 3.61. The Hall–Kier alpha value is -1.32. The Balaban J connectivity index is 2.01. The second-order valence-electron chi connectivity index (χ2n) is 5.46. The van der Waals surface area contributed by atoms with E-state index in [1.54, 1.807) is 0 Å². The third-order valence-electron chi connectivity index (χ3n) is 4.00.